The van der Waals surface area contributed by atoms with Crippen molar-refractivity contribution in [2.75, 3.05) is 6.54 Å². The SMILES string of the molecule is CC(=O)NCCC#Cc1[nH]nc2cc(Br)ccc12. The molecule has 0 aliphatic rings. The van der Waals surface area contributed by atoms with Gasteiger partial charge in [0.25, 0.3) is 0 Å². The van der Waals surface area contributed by atoms with E-state index in [0.29, 0.717) is 13.0 Å². The lowest BCUT2D eigenvalue weighted by Crippen LogP contribution is -2.20. The molecule has 92 valence electrons. The van der Waals surface area contributed by atoms with Gasteiger partial charge in [-0.1, -0.05) is 21.9 Å². The molecular weight excluding hydrogens is 294 g/mol. The lowest BCUT2D eigenvalue weighted by Gasteiger charge is -1.94. The highest BCUT2D eigenvalue weighted by Crippen LogP contribution is 2.19. The van der Waals surface area contributed by atoms with Gasteiger partial charge in [0.2, 0.25) is 5.91 Å². The van der Waals surface area contributed by atoms with Crippen LogP contribution in [0.5, 0.6) is 0 Å². The zero-order chi connectivity index (χ0) is 13.0. The van der Waals surface area contributed by atoms with Crippen molar-refractivity contribution >= 4 is 32.7 Å². The molecule has 2 N–H and O–H groups in total. The highest BCUT2D eigenvalue weighted by molar-refractivity contribution is 9.10. The molecule has 0 spiro atoms. The maximum absolute atomic E-state index is 10.7. The van der Waals surface area contributed by atoms with Gasteiger partial charge in [-0.2, -0.15) is 5.10 Å². The molecule has 2 aromatic rings. The van der Waals surface area contributed by atoms with Crippen molar-refractivity contribution in [2.24, 2.45) is 0 Å². The molecule has 1 aromatic carbocycles. The molecule has 0 bridgehead atoms. The van der Waals surface area contributed by atoms with Crippen LogP contribution in [0.1, 0.15) is 19.0 Å². The van der Waals surface area contributed by atoms with Crippen LogP contribution in [0.3, 0.4) is 0 Å². The molecule has 1 heterocycles. The van der Waals surface area contributed by atoms with Crippen LogP contribution < -0.4 is 5.32 Å². The highest BCUT2D eigenvalue weighted by atomic mass is 79.9. The molecular formula is C13H12BrN3O. The molecule has 0 atom stereocenters. The van der Waals surface area contributed by atoms with Gasteiger partial charge in [0.05, 0.1) is 5.52 Å². The first kappa shape index (κ1) is 12.7. The number of halogens is 1. The molecule has 0 saturated heterocycles. The van der Waals surface area contributed by atoms with Crippen molar-refractivity contribution in [2.45, 2.75) is 13.3 Å². The van der Waals surface area contributed by atoms with Gasteiger partial charge in [-0.3, -0.25) is 9.89 Å². The van der Waals surface area contributed by atoms with Crippen LogP contribution in [-0.2, 0) is 4.79 Å². The van der Waals surface area contributed by atoms with E-state index in [1.807, 2.05) is 18.2 Å². The Bertz CT molecular complexity index is 636. The number of aromatic nitrogens is 2. The number of fused-ring (bicyclic) bond motifs is 1. The summed E-state index contributed by atoms with van der Waals surface area (Å²) in [6.45, 7) is 2.06. The van der Waals surface area contributed by atoms with E-state index >= 15 is 0 Å². The van der Waals surface area contributed by atoms with Crippen LogP contribution >= 0.6 is 15.9 Å². The summed E-state index contributed by atoms with van der Waals surface area (Å²) in [5, 5.41) is 10.8. The maximum atomic E-state index is 10.7. The Labute approximate surface area is 113 Å². The second kappa shape index (κ2) is 5.69. The molecule has 0 radical (unpaired) electrons. The van der Waals surface area contributed by atoms with E-state index in [0.717, 1.165) is 21.1 Å². The summed E-state index contributed by atoms with van der Waals surface area (Å²) >= 11 is 3.40. The van der Waals surface area contributed by atoms with Gasteiger partial charge in [0.1, 0.15) is 5.69 Å². The molecule has 4 nitrogen and oxygen atoms in total. The number of H-pyrrole nitrogens is 1. The number of benzene rings is 1. The first-order chi connectivity index (χ1) is 8.66. The Morgan fingerprint density at radius 3 is 3.17 bits per heavy atom. The van der Waals surface area contributed by atoms with Crippen LogP contribution in [-0.4, -0.2) is 22.6 Å². The number of amides is 1. The fourth-order valence-electron chi connectivity index (χ4n) is 1.53. The van der Waals surface area contributed by atoms with E-state index in [1.165, 1.54) is 6.92 Å². The van der Waals surface area contributed by atoms with Gasteiger partial charge in [-0.05, 0) is 24.1 Å². The third kappa shape index (κ3) is 3.11. The van der Waals surface area contributed by atoms with Crippen molar-refractivity contribution in [1.82, 2.24) is 15.5 Å². The summed E-state index contributed by atoms with van der Waals surface area (Å²) in [5.41, 5.74) is 1.69. The fraction of sp³-hybridized carbons (Fsp3) is 0.231. The predicted molar refractivity (Wildman–Crippen MR) is 74.0 cm³/mol. The predicted octanol–water partition coefficient (Wildman–Crippen LogP) is 2.20. The first-order valence-electron chi connectivity index (χ1n) is 5.54. The average Bonchev–Trinajstić information content (AvgIpc) is 2.70. The highest BCUT2D eigenvalue weighted by Gasteiger charge is 2.02. The molecule has 0 fully saturated rings. The van der Waals surface area contributed by atoms with Crippen molar-refractivity contribution in [3.05, 3.63) is 28.4 Å². The first-order valence-corrected chi connectivity index (χ1v) is 6.33. The van der Waals surface area contributed by atoms with Crippen LogP contribution in [0.2, 0.25) is 0 Å². The van der Waals surface area contributed by atoms with Gasteiger partial charge < -0.3 is 5.32 Å². The Morgan fingerprint density at radius 1 is 1.56 bits per heavy atom. The third-order valence-corrected chi connectivity index (χ3v) is 2.85. The van der Waals surface area contributed by atoms with E-state index in [1.54, 1.807) is 0 Å². The van der Waals surface area contributed by atoms with Crippen LogP contribution in [0.15, 0.2) is 22.7 Å². The van der Waals surface area contributed by atoms with E-state index in [4.69, 9.17) is 0 Å². The molecule has 0 aliphatic heterocycles. The number of aromatic amines is 1. The molecule has 0 unspecified atom stereocenters. The van der Waals surface area contributed by atoms with E-state index in [9.17, 15) is 4.79 Å². The topological polar surface area (TPSA) is 57.8 Å². The fourth-order valence-corrected chi connectivity index (χ4v) is 1.88. The van der Waals surface area contributed by atoms with Gasteiger partial charge >= 0.3 is 0 Å². The Kier molecular flexibility index (Phi) is 4.00. The number of hydrogen-bond acceptors (Lipinski definition) is 2. The summed E-state index contributed by atoms with van der Waals surface area (Å²) in [7, 11) is 0. The number of nitrogens with zero attached hydrogens (tertiary/aromatic N) is 1. The molecule has 0 saturated carbocycles. The molecule has 2 rings (SSSR count). The van der Waals surface area contributed by atoms with Crippen molar-refractivity contribution < 1.29 is 4.79 Å². The number of carbonyl (C=O) groups excluding carboxylic acids is 1. The zero-order valence-electron chi connectivity index (χ0n) is 9.88. The van der Waals surface area contributed by atoms with Crippen LogP contribution in [0.4, 0.5) is 0 Å². The number of hydrogen-bond donors (Lipinski definition) is 2. The summed E-state index contributed by atoms with van der Waals surface area (Å²) < 4.78 is 0.992. The molecule has 0 aliphatic carbocycles. The standard InChI is InChI=1S/C13H12BrN3O/c1-9(18)15-7-3-2-4-12-11-6-5-10(14)8-13(11)17-16-12/h5-6,8H,3,7H2,1H3,(H,15,18)(H,16,17). The van der Waals surface area contributed by atoms with Crippen LogP contribution in [0, 0.1) is 11.8 Å². The summed E-state index contributed by atoms with van der Waals surface area (Å²) in [6, 6.07) is 5.87. The second-order valence-electron chi connectivity index (χ2n) is 3.79. The van der Waals surface area contributed by atoms with Gasteiger partial charge in [-0.25, -0.2) is 0 Å². The van der Waals surface area contributed by atoms with Gasteiger partial charge in [0, 0.05) is 29.7 Å². The van der Waals surface area contributed by atoms with Crippen LogP contribution in [0.25, 0.3) is 10.9 Å². The van der Waals surface area contributed by atoms with Crippen molar-refractivity contribution in [3.8, 4) is 11.8 Å². The van der Waals surface area contributed by atoms with Crippen molar-refractivity contribution in [1.29, 1.82) is 0 Å². The second-order valence-corrected chi connectivity index (χ2v) is 4.71. The number of rotatable bonds is 2. The minimum absolute atomic E-state index is 0.0337. The summed E-state index contributed by atoms with van der Waals surface area (Å²) in [6.07, 6.45) is 0.622. The van der Waals surface area contributed by atoms with E-state index < -0.39 is 0 Å². The van der Waals surface area contributed by atoms with E-state index in [-0.39, 0.29) is 5.91 Å². The third-order valence-electron chi connectivity index (χ3n) is 2.35. The minimum atomic E-state index is -0.0337. The normalized spacial score (nSPS) is 9.89. The molecule has 5 heteroatoms. The summed E-state index contributed by atoms with van der Waals surface area (Å²) in [4.78, 5) is 10.7. The van der Waals surface area contributed by atoms with Gasteiger partial charge in [-0.15, -0.1) is 0 Å². The quantitative estimate of drug-likeness (QED) is 0.660. The largest absolute Gasteiger partial charge is 0.355 e. The van der Waals surface area contributed by atoms with Crippen molar-refractivity contribution in [3.63, 3.8) is 0 Å². The van der Waals surface area contributed by atoms with E-state index in [2.05, 4.69) is 43.3 Å². The minimum Gasteiger partial charge on any atom is -0.355 e. The summed E-state index contributed by atoms with van der Waals surface area (Å²) in [5.74, 6) is 5.99. The molecule has 1 amide bonds. The van der Waals surface area contributed by atoms with Gasteiger partial charge in [0.15, 0.2) is 0 Å². The Balaban J connectivity index is 2.08. The lowest BCUT2D eigenvalue weighted by atomic mass is 10.2. The average molecular weight is 306 g/mol. The number of nitrogens with one attached hydrogen (secondary N) is 2. The monoisotopic (exact) mass is 305 g/mol. The zero-order valence-corrected chi connectivity index (χ0v) is 11.5. The Hall–Kier alpha value is -1.80. The lowest BCUT2D eigenvalue weighted by molar-refractivity contribution is -0.118. The molecule has 1 aromatic heterocycles. The maximum Gasteiger partial charge on any atom is 0.216 e. The smallest absolute Gasteiger partial charge is 0.216 e. The Morgan fingerprint density at radius 2 is 2.39 bits per heavy atom. The number of carbonyl (C=O) groups is 1. The molecule has 18 heavy (non-hydrogen) atoms.